The van der Waals surface area contributed by atoms with Gasteiger partial charge in [0.05, 0.1) is 11.7 Å². The van der Waals surface area contributed by atoms with Crippen LogP contribution in [0.3, 0.4) is 0 Å². The molecule has 194 valence electrons. The molecule has 4 rings (SSSR count). The van der Waals surface area contributed by atoms with Crippen LogP contribution in [0.15, 0.2) is 65.8 Å². The van der Waals surface area contributed by atoms with Crippen molar-refractivity contribution in [2.75, 3.05) is 0 Å². The second kappa shape index (κ2) is 9.98. The first kappa shape index (κ1) is 26.4. The van der Waals surface area contributed by atoms with Gasteiger partial charge in [-0.05, 0) is 63.2 Å². The lowest BCUT2D eigenvalue weighted by molar-refractivity contribution is -0.161. The number of aliphatic hydroxyl groups is 2. The fourth-order valence-corrected chi connectivity index (χ4v) is 6.76. The Labute approximate surface area is 214 Å². The fraction of sp³-hybridized carbons (Fsp3) is 0.533. The summed E-state index contributed by atoms with van der Waals surface area (Å²) in [5.41, 5.74) is 0.485. The van der Waals surface area contributed by atoms with Crippen molar-refractivity contribution >= 4 is 11.9 Å². The summed E-state index contributed by atoms with van der Waals surface area (Å²) in [4.78, 5) is 26.5. The number of allylic oxidation sites excluding steroid dienone is 1. The molecule has 1 spiro atoms. The lowest BCUT2D eigenvalue weighted by atomic mass is 9.54. The van der Waals surface area contributed by atoms with Crippen molar-refractivity contribution in [3.05, 3.63) is 71.3 Å². The summed E-state index contributed by atoms with van der Waals surface area (Å²) in [6.07, 6.45) is 7.26. The van der Waals surface area contributed by atoms with Crippen LogP contribution >= 0.6 is 0 Å². The number of hydrogen-bond acceptors (Lipinski definition) is 5. The Morgan fingerprint density at radius 1 is 1.17 bits per heavy atom. The Bertz CT molecular complexity index is 1090. The van der Waals surface area contributed by atoms with Gasteiger partial charge < -0.3 is 20.3 Å². The molecular formula is C30H39NO5. The van der Waals surface area contributed by atoms with E-state index in [9.17, 15) is 19.8 Å². The molecule has 1 aliphatic heterocycles. The number of carbonyl (C=O) groups excluding carboxylic acids is 2. The molecule has 0 saturated carbocycles. The van der Waals surface area contributed by atoms with E-state index in [4.69, 9.17) is 4.74 Å². The Morgan fingerprint density at radius 2 is 1.86 bits per heavy atom. The third-order valence-corrected chi connectivity index (χ3v) is 8.39. The standard InChI is InChI=1S/C30H39NO5/c1-18-10-9-13-23-27(33)20(3)19(2)26-24(16-22-11-7-6-8-12-22)31-28(34)30(23,26)25(36-21(4)32)14-15-29(5,35)17-18/h6-9,11-15,18,23-27,33,35H,10,16-17H2,1-5H3,(H,31,34)/b13-9+,15-14+/t18-,23-,24-,25+,26-,27+,29-,30?/m0/s1. The van der Waals surface area contributed by atoms with Gasteiger partial charge in [0.25, 0.3) is 0 Å². The molecule has 1 aromatic carbocycles. The summed E-state index contributed by atoms with van der Waals surface area (Å²) in [5.74, 6) is -1.49. The molecule has 36 heavy (non-hydrogen) atoms. The molecule has 1 heterocycles. The van der Waals surface area contributed by atoms with Gasteiger partial charge in [-0.25, -0.2) is 0 Å². The number of amides is 1. The van der Waals surface area contributed by atoms with E-state index in [0.29, 0.717) is 19.3 Å². The number of benzene rings is 1. The average Bonchev–Trinajstić information content (AvgIpc) is 3.08. The molecule has 1 aromatic rings. The highest BCUT2D eigenvalue weighted by Gasteiger charge is 2.67. The number of aliphatic hydroxyl groups excluding tert-OH is 1. The van der Waals surface area contributed by atoms with Crippen molar-refractivity contribution in [1.29, 1.82) is 0 Å². The first-order valence-electron chi connectivity index (χ1n) is 12.9. The van der Waals surface area contributed by atoms with E-state index in [1.54, 1.807) is 19.1 Å². The smallest absolute Gasteiger partial charge is 0.303 e. The van der Waals surface area contributed by atoms with Crippen LogP contribution in [-0.4, -0.2) is 45.9 Å². The number of carbonyl (C=O) groups is 2. The molecule has 1 amide bonds. The molecule has 2 aliphatic carbocycles. The fourth-order valence-electron chi connectivity index (χ4n) is 6.76. The summed E-state index contributed by atoms with van der Waals surface area (Å²) in [7, 11) is 0. The minimum absolute atomic E-state index is 0.181. The lowest BCUT2D eigenvalue weighted by Gasteiger charge is -2.49. The Kier molecular flexibility index (Phi) is 7.31. The molecule has 0 bridgehead atoms. The second-order valence-electron chi connectivity index (χ2n) is 11.2. The Hall–Kier alpha value is -2.70. The normalized spacial score (nSPS) is 40.4. The Balaban J connectivity index is 1.94. The molecule has 1 unspecified atom stereocenters. The highest BCUT2D eigenvalue weighted by Crippen LogP contribution is 2.57. The number of rotatable bonds is 3. The minimum atomic E-state index is -1.26. The molecule has 0 radical (unpaired) electrons. The van der Waals surface area contributed by atoms with Crippen LogP contribution in [0.1, 0.15) is 53.0 Å². The van der Waals surface area contributed by atoms with Gasteiger partial charge in [0.1, 0.15) is 11.5 Å². The number of hydrogen-bond donors (Lipinski definition) is 3. The molecule has 1 fully saturated rings. The van der Waals surface area contributed by atoms with Gasteiger partial charge in [0.15, 0.2) is 0 Å². The van der Waals surface area contributed by atoms with E-state index in [0.717, 1.165) is 16.7 Å². The summed E-state index contributed by atoms with van der Waals surface area (Å²) in [6.45, 7) is 9.03. The first-order valence-corrected chi connectivity index (χ1v) is 12.9. The average molecular weight is 494 g/mol. The van der Waals surface area contributed by atoms with E-state index in [1.807, 2.05) is 56.3 Å². The van der Waals surface area contributed by atoms with Gasteiger partial charge >= 0.3 is 5.97 Å². The van der Waals surface area contributed by atoms with Crippen molar-refractivity contribution < 1.29 is 24.5 Å². The van der Waals surface area contributed by atoms with Gasteiger partial charge in [-0.15, -0.1) is 0 Å². The molecule has 6 heteroatoms. The second-order valence-corrected chi connectivity index (χ2v) is 11.2. The van der Waals surface area contributed by atoms with Crippen molar-refractivity contribution in [3.63, 3.8) is 0 Å². The van der Waals surface area contributed by atoms with E-state index in [-0.39, 0.29) is 23.8 Å². The van der Waals surface area contributed by atoms with Crippen LogP contribution < -0.4 is 5.32 Å². The predicted octanol–water partition coefficient (Wildman–Crippen LogP) is 3.88. The summed E-state index contributed by atoms with van der Waals surface area (Å²) < 4.78 is 5.89. The molecule has 3 aliphatic rings. The van der Waals surface area contributed by atoms with Crippen molar-refractivity contribution in [3.8, 4) is 0 Å². The van der Waals surface area contributed by atoms with Crippen LogP contribution in [0, 0.1) is 23.2 Å². The van der Waals surface area contributed by atoms with E-state index in [1.165, 1.54) is 6.92 Å². The molecule has 1 saturated heterocycles. The van der Waals surface area contributed by atoms with Crippen molar-refractivity contribution in [2.24, 2.45) is 23.2 Å². The summed E-state index contributed by atoms with van der Waals surface area (Å²) in [5, 5.41) is 25.9. The summed E-state index contributed by atoms with van der Waals surface area (Å²) >= 11 is 0. The first-order chi connectivity index (χ1) is 17.0. The van der Waals surface area contributed by atoms with E-state index < -0.39 is 35.1 Å². The maximum absolute atomic E-state index is 14.2. The van der Waals surface area contributed by atoms with Crippen LogP contribution in [-0.2, 0) is 20.7 Å². The molecule has 6 nitrogen and oxygen atoms in total. The zero-order valence-electron chi connectivity index (χ0n) is 21.9. The maximum Gasteiger partial charge on any atom is 0.303 e. The molecule has 8 atom stereocenters. The third-order valence-electron chi connectivity index (χ3n) is 8.39. The summed E-state index contributed by atoms with van der Waals surface area (Å²) in [6, 6.07) is 9.76. The van der Waals surface area contributed by atoms with Gasteiger partial charge in [0.2, 0.25) is 5.91 Å². The number of esters is 1. The Morgan fingerprint density at radius 3 is 2.53 bits per heavy atom. The number of ether oxygens (including phenoxy) is 1. The van der Waals surface area contributed by atoms with Crippen LogP contribution in [0.4, 0.5) is 0 Å². The minimum Gasteiger partial charge on any atom is -0.457 e. The van der Waals surface area contributed by atoms with Crippen LogP contribution in [0.5, 0.6) is 0 Å². The van der Waals surface area contributed by atoms with Crippen LogP contribution in [0.2, 0.25) is 0 Å². The zero-order chi connectivity index (χ0) is 26.3. The van der Waals surface area contributed by atoms with E-state index in [2.05, 4.69) is 12.2 Å². The van der Waals surface area contributed by atoms with Gasteiger partial charge in [-0.3, -0.25) is 9.59 Å². The third kappa shape index (κ3) is 4.69. The molecular weight excluding hydrogens is 454 g/mol. The lowest BCUT2D eigenvalue weighted by Crippen LogP contribution is -2.58. The SMILES string of the molecule is CC(=O)O[C@@H]1/C=C/[C@](C)(O)C[C@@H](C)C/C=C/[C@H]2[C@H](O)C(C)=C(C)[C@H]3[C@H](Cc4ccccc4)NC(=O)C123. The van der Waals surface area contributed by atoms with Crippen molar-refractivity contribution in [2.45, 2.75) is 77.7 Å². The number of nitrogens with one attached hydrogen (secondary N) is 1. The molecule has 0 aromatic heterocycles. The van der Waals surface area contributed by atoms with Crippen LogP contribution in [0.25, 0.3) is 0 Å². The zero-order valence-corrected chi connectivity index (χ0v) is 21.9. The highest BCUT2D eigenvalue weighted by atomic mass is 16.5. The molecule has 3 N–H and O–H groups in total. The van der Waals surface area contributed by atoms with Gasteiger partial charge in [-0.2, -0.15) is 0 Å². The maximum atomic E-state index is 14.2. The van der Waals surface area contributed by atoms with Crippen molar-refractivity contribution in [1.82, 2.24) is 5.32 Å². The van der Waals surface area contributed by atoms with Gasteiger partial charge in [0, 0.05) is 24.8 Å². The predicted molar refractivity (Wildman–Crippen MR) is 139 cm³/mol. The quantitative estimate of drug-likeness (QED) is 0.439. The monoisotopic (exact) mass is 493 g/mol. The topological polar surface area (TPSA) is 95.9 Å². The van der Waals surface area contributed by atoms with E-state index >= 15 is 0 Å². The highest BCUT2D eigenvalue weighted by molar-refractivity contribution is 5.89. The largest absolute Gasteiger partial charge is 0.457 e. The van der Waals surface area contributed by atoms with Gasteiger partial charge in [-0.1, -0.05) is 61.1 Å².